The van der Waals surface area contributed by atoms with Gasteiger partial charge >= 0.3 is 0 Å². The number of aryl methyl sites for hydroxylation is 1. The Morgan fingerprint density at radius 2 is 1.76 bits per heavy atom. The van der Waals surface area contributed by atoms with E-state index in [1.54, 1.807) is 29.2 Å². The van der Waals surface area contributed by atoms with Gasteiger partial charge in [-0.05, 0) is 29.8 Å². The third-order valence-corrected chi connectivity index (χ3v) is 7.65. The molecule has 0 aliphatic carbocycles. The molecule has 1 N–H and O–H groups in total. The lowest BCUT2D eigenvalue weighted by molar-refractivity contribution is 0.0935. The van der Waals surface area contributed by atoms with Crippen molar-refractivity contribution in [2.75, 3.05) is 25.7 Å². The minimum atomic E-state index is -3.06. The first-order chi connectivity index (χ1) is 16.3. The highest BCUT2D eigenvalue weighted by atomic mass is 32.2. The van der Waals surface area contributed by atoms with Crippen molar-refractivity contribution in [3.8, 4) is 33.9 Å². The largest absolute Gasteiger partial charge is 0.496 e. The molecule has 3 aromatic heterocycles. The molecule has 0 radical (unpaired) electrons. The molecule has 1 aromatic carbocycles. The summed E-state index contributed by atoms with van der Waals surface area (Å²) in [5.41, 5.74) is 4.50. The van der Waals surface area contributed by atoms with Crippen LogP contribution in [0.2, 0.25) is 0 Å². The Kier molecular flexibility index (Phi) is 5.28. The average molecular weight is 482 g/mol. The zero-order valence-corrected chi connectivity index (χ0v) is 19.7. The summed E-state index contributed by atoms with van der Waals surface area (Å²) in [4.78, 5) is 17.5. The number of nitrogens with zero attached hydrogens (tertiary/aromatic N) is 4. The number of imidazole rings is 1. The van der Waals surface area contributed by atoms with Crippen LogP contribution in [0.25, 0.3) is 28.0 Å². The summed E-state index contributed by atoms with van der Waals surface area (Å²) in [6.45, 7) is 0. The van der Waals surface area contributed by atoms with Crippen molar-refractivity contribution in [2.45, 2.75) is 6.04 Å². The summed E-state index contributed by atoms with van der Waals surface area (Å²) < 4.78 is 37.6. The van der Waals surface area contributed by atoms with Crippen LogP contribution in [0.3, 0.4) is 0 Å². The van der Waals surface area contributed by atoms with Crippen LogP contribution in [0.5, 0.6) is 11.5 Å². The van der Waals surface area contributed by atoms with E-state index in [2.05, 4.69) is 15.4 Å². The van der Waals surface area contributed by atoms with E-state index in [4.69, 9.17) is 9.47 Å². The fourth-order valence-electron chi connectivity index (χ4n) is 4.13. The Balaban J connectivity index is 1.51. The SMILES string of the molecule is COc1cc(-c2cnc3cc(-c4cnn(C)c4)ccn23)cc(OC)c1C(=O)NC1CS(=O)(=O)C1. The van der Waals surface area contributed by atoms with Crippen molar-refractivity contribution < 1.29 is 22.7 Å². The van der Waals surface area contributed by atoms with Crippen molar-refractivity contribution in [1.82, 2.24) is 24.5 Å². The molecule has 5 rings (SSSR count). The molecule has 1 aliphatic heterocycles. The molecule has 176 valence electrons. The molecular formula is C23H23N5O5S. The van der Waals surface area contributed by atoms with Crippen LogP contribution in [0.1, 0.15) is 10.4 Å². The van der Waals surface area contributed by atoms with Gasteiger partial charge in [0.05, 0.1) is 49.9 Å². The topological polar surface area (TPSA) is 117 Å². The van der Waals surface area contributed by atoms with E-state index in [1.807, 2.05) is 36.0 Å². The van der Waals surface area contributed by atoms with Crippen molar-refractivity contribution in [2.24, 2.45) is 7.05 Å². The molecule has 0 spiro atoms. The fraction of sp³-hybridized carbons (Fsp3) is 0.261. The van der Waals surface area contributed by atoms with Gasteiger partial charge in [-0.3, -0.25) is 13.9 Å². The number of methoxy groups -OCH3 is 2. The number of nitrogens with one attached hydrogen (secondary N) is 1. The van der Waals surface area contributed by atoms with Gasteiger partial charge in [-0.2, -0.15) is 5.10 Å². The number of amides is 1. The van der Waals surface area contributed by atoms with Gasteiger partial charge in [0, 0.05) is 30.6 Å². The summed E-state index contributed by atoms with van der Waals surface area (Å²) in [5, 5.41) is 6.96. The van der Waals surface area contributed by atoms with Crippen LogP contribution in [0.4, 0.5) is 0 Å². The number of carbonyl (C=O) groups excluding carboxylic acids is 1. The zero-order chi connectivity index (χ0) is 24.0. The quantitative estimate of drug-likeness (QED) is 0.447. The van der Waals surface area contributed by atoms with Crippen LogP contribution in [-0.4, -0.2) is 65.3 Å². The van der Waals surface area contributed by atoms with Gasteiger partial charge in [0.25, 0.3) is 5.91 Å². The second kappa shape index (κ2) is 8.17. The summed E-state index contributed by atoms with van der Waals surface area (Å²) in [5.74, 6) is 0.0561. The third kappa shape index (κ3) is 3.87. The molecule has 11 heteroatoms. The van der Waals surface area contributed by atoms with Crippen LogP contribution < -0.4 is 14.8 Å². The minimum absolute atomic E-state index is 0.0652. The minimum Gasteiger partial charge on any atom is -0.496 e. The van der Waals surface area contributed by atoms with Crippen LogP contribution in [-0.2, 0) is 16.9 Å². The second-order valence-electron chi connectivity index (χ2n) is 8.19. The Morgan fingerprint density at radius 1 is 1.06 bits per heavy atom. The highest BCUT2D eigenvalue weighted by Crippen LogP contribution is 2.36. The number of ether oxygens (including phenoxy) is 2. The number of hydrogen-bond acceptors (Lipinski definition) is 7. The summed E-state index contributed by atoms with van der Waals surface area (Å²) in [7, 11) is 1.75. The van der Waals surface area contributed by atoms with Gasteiger partial charge in [0.1, 0.15) is 22.7 Å². The molecule has 1 aliphatic rings. The lowest BCUT2D eigenvalue weighted by Crippen LogP contribution is -2.53. The van der Waals surface area contributed by atoms with Gasteiger partial charge in [0.2, 0.25) is 0 Å². The van der Waals surface area contributed by atoms with E-state index in [0.717, 1.165) is 28.0 Å². The number of sulfone groups is 1. The van der Waals surface area contributed by atoms with Gasteiger partial charge in [0.15, 0.2) is 9.84 Å². The molecule has 0 bridgehead atoms. The number of rotatable bonds is 6. The summed E-state index contributed by atoms with van der Waals surface area (Å²) in [6.07, 6.45) is 7.41. The predicted octanol–water partition coefficient (Wildman–Crippen LogP) is 1.95. The average Bonchev–Trinajstić information content (AvgIpc) is 3.42. The van der Waals surface area contributed by atoms with Crippen molar-refractivity contribution in [3.05, 3.63) is 54.6 Å². The van der Waals surface area contributed by atoms with E-state index in [-0.39, 0.29) is 17.1 Å². The zero-order valence-electron chi connectivity index (χ0n) is 18.8. The molecule has 0 saturated carbocycles. The monoisotopic (exact) mass is 481 g/mol. The van der Waals surface area contributed by atoms with Gasteiger partial charge in [-0.25, -0.2) is 13.4 Å². The van der Waals surface area contributed by atoms with E-state index < -0.39 is 21.8 Å². The molecule has 1 amide bonds. The molecule has 10 nitrogen and oxygen atoms in total. The highest BCUT2D eigenvalue weighted by molar-refractivity contribution is 7.92. The van der Waals surface area contributed by atoms with E-state index in [1.165, 1.54) is 14.2 Å². The Morgan fingerprint density at radius 3 is 2.35 bits per heavy atom. The summed E-state index contributed by atoms with van der Waals surface area (Å²) >= 11 is 0. The Hall–Kier alpha value is -3.86. The van der Waals surface area contributed by atoms with Crippen molar-refractivity contribution >= 4 is 21.4 Å². The molecule has 4 heterocycles. The molecule has 0 unspecified atom stereocenters. The molecule has 1 saturated heterocycles. The van der Waals surface area contributed by atoms with Crippen LogP contribution >= 0.6 is 0 Å². The van der Waals surface area contributed by atoms with E-state index >= 15 is 0 Å². The normalized spacial score (nSPS) is 15.1. The molecule has 0 atom stereocenters. The van der Waals surface area contributed by atoms with E-state index in [9.17, 15) is 13.2 Å². The molecule has 4 aromatic rings. The van der Waals surface area contributed by atoms with Gasteiger partial charge < -0.3 is 14.8 Å². The molecule has 1 fully saturated rings. The fourth-order valence-corrected chi connectivity index (χ4v) is 5.43. The maximum absolute atomic E-state index is 12.9. The first-order valence-corrected chi connectivity index (χ1v) is 12.3. The Bertz CT molecular complexity index is 1480. The lowest BCUT2D eigenvalue weighted by Gasteiger charge is -2.27. The smallest absolute Gasteiger partial charge is 0.259 e. The Labute approximate surface area is 196 Å². The van der Waals surface area contributed by atoms with Gasteiger partial charge in [-0.15, -0.1) is 0 Å². The van der Waals surface area contributed by atoms with Gasteiger partial charge in [-0.1, -0.05) is 0 Å². The number of pyridine rings is 1. The summed E-state index contributed by atoms with van der Waals surface area (Å²) in [6, 6.07) is 7.03. The first kappa shape index (κ1) is 22.0. The van der Waals surface area contributed by atoms with Crippen LogP contribution in [0.15, 0.2) is 49.1 Å². The van der Waals surface area contributed by atoms with E-state index in [0.29, 0.717) is 11.5 Å². The van der Waals surface area contributed by atoms with Crippen LogP contribution in [0, 0.1) is 0 Å². The van der Waals surface area contributed by atoms with Crippen molar-refractivity contribution in [3.63, 3.8) is 0 Å². The number of hydrogen-bond donors (Lipinski definition) is 1. The highest BCUT2D eigenvalue weighted by Gasteiger charge is 2.35. The lowest BCUT2D eigenvalue weighted by atomic mass is 10.1. The predicted molar refractivity (Wildman–Crippen MR) is 126 cm³/mol. The standard InChI is InChI=1S/C23H23N5O5S/c1-27-11-16(9-25-27)14-4-5-28-18(10-24-21(28)8-14)15-6-19(32-2)22(20(7-15)33-3)23(29)26-17-12-34(30,31)13-17/h4-11,17H,12-13H2,1-3H3,(H,26,29). The number of fused-ring (bicyclic) bond motifs is 1. The first-order valence-electron chi connectivity index (χ1n) is 10.5. The number of benzene rings is 1. The molecule has 34 heavy (non-hydrogen) atoms. The molecular weight excluding hydrogens is 458 g/mol. The van der Waals surface area contributed by atoms with Crippen molar-refractivity contribution in [1.29, 1.82) is 0 Å². The number of carbonyl (C=O) groups is 1. The maximum atomic E-state index is 12.9. The number of aromatic nitrogens is 4. The second-order valence-corrected chi connectivity index (χ2v) is 10.3. The maximum Gasteiger partial charge on any atom is 0.259 e. The third-order valence-electron chi connectivity index (χ3n) is 5.83.